The Labute approximate surface area is 178 Å². The summed E-state index contributed by atoms with van der Waals surface area (Å²) in [6.07, 6.45) is 18.4. The molecule has 29 heavy (non-hydrogen) atoms. The zero-order valence-electron chi connectivity index (χ0n) is 18.5. The van der Waals surface area contributed by atoms with Gasteiger partial charge in [0, 0.05) is 6.16 Å². The Bertz CT molecular complexity index is 538. The highest BCUT2D eigenvalue weighted by molar-refractivity contribution is 7.51. The Morgan fingerprint density at radius 1 is 0.724 bits per heavy atom. The van der Waals surface area contributed by atoms with Gasteiger partial charge in [-0.3, -0.25) is 4.57 Å². The molecule has 0 spiro atoms. The maximum absolute atomic E-state index is 10.8. The van der Waals surface area contributed by atoms with Crippen molar-refractivity contribution >= 4 is 7.60 Å². The molecule has 0 bridgehead atoms. The Morgan fingerprint density at radius 3 is 1.76 bits per heavy atom. The van der Waals surface area contributed by atoms with Gasteiger partial charge in [0.05, 0.1) is 6.61 Å². The van der Waals surface area contributed by atoms with Crippen LogP contribution in [0.1, 0.15) is 102 Å². The second-order valence-electron chi connectivity index (χ2n) is 8.23. The molecular weight excluding hydrogens is 383 g/mol. The lowest BCUT2D eigenvalue weighted by atomic mass is 10.1. The predicted octanol–water partition coefficient (Wildman–Crippen LogP) is 7.27. The second kappa shape index (κ2) is 16.9. The largest absolute Gasteiger partial charge is 0.494 e. The molecule has 0 aliphatic heterocycles. The number of ether oxygens (including phenoxy) is 1. The molecule has 0 aromatic heterocycles. The van der Waals surface area contributed by atoms with Gasteiger partial charge in [0.25, 0.3) is 0 Å². The third-order valence-corrected chi connectivity index (χ3v) is 6.25. The van der Waals surface area contributed by atoms with E-state index in [4.69, 9.17) is 14.5 Å². The van der Waals surface area contributed by atoms with E-state index in [0.29, 0.717) is 6.42 Å². The highest BCUT2D eigenvalue weighted by Gasteiger charge is 2.11. The first-order valence-corrected chi connectivity index (χ1v) is 13.6. The zero-order valence-corrected chi connectivity index (χ0v) is 19.4. The fraction of sp³-hybridized carbons (Fsp3) is 0.750. The number of unbranched alkanes of at least 4 members (excludes halogenated alkanes) is 12. The van der Waals surface area contributed by atoms with E-state index in [1.54, 1.807) is 0 Å². The molecule has 0 saturated carbocycles. The van der Waals surface area contributed by atoms with Crippen LogP contribution < -0.4 is 4.74 Å². The van der Waals surface area contributed by atoms with E-state index >= 15 is 0 Å². The summed E-state index contributed by atoms with van der Waals surface area (Å²) < 4.78 is 16.7. The van der Waals surface area contributed by atoms with E-state index in [2.05, 4.69) is 19.1 Å². The fourth-order valence-electron chi connectivity index (χ4n) is 3.53. The number of hydrogen-bond acceptors (Lipinski definition) is 2. The van der Waals surface area contributed by atoms with Gasteiger partial charge in [0.2, 0.25) is 0 Å². The smallest absolute Gasteiger partial charge is 0.325 e. The molecule has 5 heteroatoms. The third kappa shape index (κ3) is 16.6. The summed E-state index contributed by atoms with van der Waals surface area (Å²) in [6.45, 7) is 3.05. The molecule has 1 aromatic carbocycles. The molecule has 0 aliphatic rings. The van der Waals surface area contributed by atoms with E-state index in [9.17, 15) is 4.57 Å². The highest BCUT2D eigenvalue weighted by Crippen LogP contribution is 2.35. The summed E-state index contributed by atoms with van der Waals surface area (Å²) in [4.78, 5) is 17.7. The Morgan fingerprint density at radius 2 is 1.24 bits per heavy atom. The first-order valence-electron chi connectivity index (χ1n) is 11.8. The molecule has 0 amide bonds. The number of benzene rings is 1. The molecule has 1 rings (SSSR count). The van der Waals surface area contributed by atoms with Crippen molar-refractivity contribution in [3.63, 3.8) is 0 Å². The molecule has 0 heterocycles. The van der Waals surface area contributed by atoms with Crippen molar-refractivity contribution in [1.29, 1.82) is 0 Å². The van der Waals surface area contributed by atoms with Gasteiger partial charge < -0.3 is 14.5 Å². The summed E-state index contributed by atoms with van der Waals surface area (Å²) >= 11 is 0. The van der Waals surface area contributed by atoms with E-state index in [-0.39, 0.29) is 6.16 Å². The summed E-state index contributed by atoms with van der Waals surface area (Å²) in [7, 11) is -3.85. The van der Waals surface area contributed by atoms with Crippen molar-refractivity contribution < 1.29 is 19.1 Å². The second-order valence-corrected chi connectivity index (χ2v) is 10.0. The van der Waals surface area contributed by atoms with Crippen LogP contribution in [0.15, 0.2) is 24.3 Å². The van der Waals surface area contributed by atoms with Gasteiger partial charge in [-0.05, 0) is 43.4 Å². The minimum absolute atomic E-state index is 0.0206. The van der Waals surface area contributed by atoms with Crippen LogP contribution in [0.5, 0.6) is 5.75 Å². The molecule has 0 saturated heterocycles. The van der Waals surface area contributed by atoms with Crippen molar-refractivity contribution in [3.8, 4) is 5.75 Å². The SMILES string of the molecule is CCCCCCCCCCCCCCOc1ccc(CCCCP(=O)(O)O)cc1. The molecule has 0 aliphatic carbocycles. The molecule has 0 unspecified atom stereocenters. The molecule has 0 fully saturated rings. The van der Waals surface area contributed by atoms with Gasteiger partial charge in [0.15, 0.2) is 0 Å². The van der Waals surface area contributed by atoms with Crippen LogP contribution in [0, 0.1) is 0 Å². The first kappa shape index (κ1) is 26.2. The lowest BCUT2D eigenvalue weighted by molar-refractivity contribution is 0.304. The van der Waals surface area contributed by atoms with Gasteiger partial charge in [-0.2, -0.15) is 0 Å². The molecule has 0 atom stereocenters. The average Bonchev–Trinajstić information content (AvgIpc) is 2.69. The molecule has 0 radical (unpaired) electrons. The van der Waals surface area contributed by atoms with E-state index in [1.807, 2.05) is 12.1 Å². The average molecular weight is 427 g/mol. The van der Waals surface area contributed by atoms with Crippen LogP contribution in [0.3, 0.4) is 0 Å². The van der Waals surface area contributed by atoms with Crippen LogP contribution in [0.25, 0.3) is 0 Å². The number of rotatable bonds is 19. The van der Waals surface area contributed by atoms with Crippen LogP contribution >= 0.6 is 7.60 Å². The topological polar surface area (TPSA) is 66.8 Å². The highest BCUT2D eigenvalue weighted by atomic mass is 31.2. The Balaban J connectivity index is 1.94. The van der Waals surface area contributed by atoms with Crippen LogP contribution in [0.4, 0.5) is 0 Å². The normalized spacial score (nSPS) is 11.7. The standard InChI is InChI=1S/C24H43O4P/c1-2-3-4-5-6-7-8-9-10-11-12-14-21-28-24-19-17-23(18-20-24)16-13-15-22-29(25,26)27/h17-20H,2-16,21-22H2,1H3,(H2,25,26,27). The molecule has 168 valence electrons. The van der Waals surface area contributed by atoms with E-state index in [1.165, 1.54) is 76.2 Å². The van der Waals surface area contributed by atoms with Gasteiger partial charge in [-0.15, -0.1) is 0 Å². The zero-order chi connectivity index (χ0) is 21.2. The van der Waals surface area contributed by atoms with Crippen molar-refractivity contribution in [1.82, 2.24) is 0 Å². The molecule has 4 nitrogen and oxygen atoms in total. The summed E-state index contributed by atoms with van der Waals surface area (Å²) in [6, 6.07) is 8.10. The number of hydrogen-bond donors (Lipinski definition) is 2. The maximum atomic E-state index is 10.8. The van der Waals surface area contributed by atoms with Crippen molar-refractivity contribution in [2.24, 2.45) is 0 Å². The van der Waals surface area contributed by atoms with Crippen LogP contribution in [-0.4, -0.2) is 22.6 Å². The predicted molar refractivity (Wildman–Crippen MR) is 123 cm³/mol. The maximum Gasteiger partial charge on any atom is 0.325 e. The minimum atomic E-state index is -3.85. The van der Waals surface area contributed by atoms with E-state index in [0.717, 1.165) is 31.6 Å². The fourth-order valence-corrected chi connectivity index (χ4v) is 4.17. The molecule has 2 N–H and O–H groups in total. The molecule has 1 aromatic rings. The lowest BCUT2D eigenvalue weighted by Gasteiger charge is -2.08. The van der Waals surface area contributed by atoms with E-state index < -0.39 is 7.60 Å². The van der Waals surface area contributed by atoms with Crippen molar-refractivity contribution in [2.45, 2.75) is 103 Å². The quantitative estimate of drug-likeness (QED) is 0.180. The Hall–Kier alpha value is -0.830. The monoisotopic (exact) mass is 426 g/mol. The number of aryl methyl sites for hydroxylation is 1. The van der Waals surface area contributed by atoms with Gasteiger partial charge in [0.1, 0.15) is 5.75 Å². The summed E-state index contributed by atoms with van der Waals surface area (Å²) in [5.74, 6) is 0.909. The summed E-state index contributed by atoms with van der Waals surface area (Å²) in [5.41, 5.74) is 1.19. The van der Waals surface area contributed by atoms with Crippen LogP contribution in [-0.2, 0) is 11.0 Å². The lowest BCUT2D eigenvalue weighted by Crippen LogP contribution is -1.97. The summed E-state index contributed by atoms with van der Waals surface area (Å²) in [5, 5.41) is 0. The minimum Gasteiger partial charge on any atom is -0.494 e. The molecular formula is C24H43O4P. The van der Waals surface area contributed by atoms with Crippen LogP contribution in [0.2, 0.25) is 0 Å². The van der Waals surface area contributed by atoms with Gasteiger partial charge in [-0.1, -0.05) is 89.7 Å². The van der Waals surface area contributed by atoms with Gasteiger partial charge in [-0.25, -0.2) is 0 Å². The third-order valence-electron chi connectivity index (χ3n) is 5.35. The Kier molecular flexibility index (Phi) is 15.3. The van der Waals surface area contributed by atoms with Crippen molar-refractivity contribution in [2.75, 3.05) is 12.8 Å². The van der Waals surface area contributed by atoms with Crippen molar-refractivity contribution in [3.05, 3.63) is 29.8 Å². The van der Waals surface area contributed by atoms with Gasteiger partial charge >= 0.3 is 7.60 Å². The first-order chi connectivity index (χ1) is 14.0.